The van der Waals surface area contributed by atoms with Crippen LogP contribution in [0.2, 0.25) is 0 Å². The molecule has 0 spiro atoms. The molecule has 0 unspecified atom stereocenters. The minimum absolute atomic E-state index is 0.0342. The second-order valence-corrected chi connectivity index (χ2v) is 10.5. The number of alkyl halides is 3. The highest BCUT2D eigenvalue weighted by molar-refractivity contribution is 5.96. The molecule has 2 amide bonds. The molecule has 3 rings (SSSR count). The van der Waals surface area contributed by atoms with Crippen LogP contribution >= 0.6 is 0 Å². The number of hydrogen-bond acceptors (Lipinski definition) is 5. The van der Waals surface area contributed by atoms with E-state index >= 15 is 0 Å². The van der Waals surface area contributed by atoms with Crippen molar-refractivity contribution in [3.63, 3.8) is 0 Å². The van der Waals surface area contributed by atoms with Crippen molar-refractivity contribution in [1.82, 2.24) is 4.90 Å². The summed E-state index contributed by atoms with van der Waals surface area (Å²) in [6.07, 6.45) is -2.08. The standard InChI is InChI=1S/C29H35F3N2O5/c1-28(2,3)39-27(37)34(15-6-5-7-17-35)16-14-23-19-21(9-12-25(23)38-29(30,31)32)20-8-11-24-22(18-20)10-13-26(36)33(24)4/h8-9,11-12,17-19H,5-7,10,13-16H2,1-4H3. The van der Waals surface area contributed by atoms with Crippen molar-refractivity contribution in [2.24, 2.45) is 0 Å². The molecule has 1 heterocycles. The van der Waals surface area contributed by atoms with Crippen LogP contribution in [-0.4, -0.2) is 55.3 Å². The number of aldehydes is 1. The summed E-state index contributed by atoms with van der Waals surface area (Å²) in [4.78, 5) is 38.6. The molecule has 0 radical (unpaired) electrons. The largest absolute Gasteiger partial charge is 0.573 e. The number of carbonyl (C=O) groups is 3. The van der Waals surface area contributed by atoms with Crippen LogP contribution in [0.15, 0.2) is 36.4 Å². The van der Waals surface area contributed by atoms with E-state index in [0.717, 1.165) is 23.1 Å². The molecule has 0 fully saturated rings. The number of ether oxygens (including phenoxy) is 2. The number of hydrogen-bond donors (Lipinski definition) is 0. The molecular weight excluding hydrogens is 513 g/mol. The van der Waals surface area contributed by atoms with Crippen LogP contribution in [0.1, 0.15) is 57.6 Å². The van der Waals surface area contributed by atoms with Crippen molar-refractivity contribution >= 4 is 24.0 Å². The zero-order valence-electron chi connectivity index (χ0n) is 22.8. The molecule has 0 saturated heterocycles. The Balaban J connectivity index is 1.89. The molecule has 0 bridgehead atoms. The number of amides is 2. The third-order valence-corrected chi connectivity index (χ3v) is 6.35. The Labute approximate surface area is 226 Å². The molecule has 1 aliphatic heterocycles. The van der Waals surface area contributed by atoms with Crippen LogP contribution < -0.4 is 9.64 Å². The molecule has 1 aliphatic rings. The topological polar surface area (TPSA) is 76.2 Å². The van der Waals surface area contributed by atoms with Gasteiger partial charge in [-0.1, -0.05) is 12.1 Å². The Bertz CT molecular complexity index is 1190. The van der Waals surface area contributed by atoms with E-state index in [0.29, 0.717) is 44.2 Å². The number of carbonyl (C=O) groups excluding carboxylic acids is 3. The minimum atomic E-state index is -4.88. The smallest absolute Gasteiger partial charge is 0.444 e. The Kier molecular flexibility index (Phi) is 9.63. The highest BCUT2D eigenvalue weighted by Gasteiger charge is 2.32. The van der Waals surface area contributed by atoms with Gasteiger partial charge in [-0.3, -0.25) is 4.79 Å². The fraction of sp³-hybridized carbons (Fsp3) is 0.483. The molecule has 7 nitrogen and oxygen atoms in total. The van der Waals surface area contributed by atoms with Crippen LogP contribution in [0.3, 0.4) is 0 Å². The predicted octanol–water partition coefficient (Wildman–Crippen LogP) is 6.31. The Morgan fingerprint density at radius 2 is 1.72 bits per heavy atom. The van der Waals surface area contributed by atoms with Crippen LogP contribution in [0.4, 0.5) is 23.7 Å². The van der Waals surface area contributed by atoms with Gasteiger partial charge < -0.3 is 24.1 Å². The van der Waals surface area contributed by atoms with E-state index in [9.17, 15) is 27.6 Å². The van der Waals surface area contributed by atoms with Crippen molar-refractivity contribution in [3.8, 4) is 16.9 Å². The maximum atomic E-state index is 13.2. The molecule has 0 saturated carbocycles. The lowest BCUT2D eigenvalue weighted by Gasteiger charge is -2.28. The van der Waals surface area contributed by atoms with Crippen molar-refractivity contribution < 1.29 is 37.0 Å². The van der Waals surface area contributed by atoms with Crippen molar-refractivity contribution in [2.75, 3.05) is 25.0 Å². The highest BCUT2D eigenvalue weighted by atomic mass is 19.4. The van der Waals surface area contributed by atoms with Gasteiger partial charge in [0.25, 0.3) is 0 Å². The summed E-state index contributed by atoms with van der Waals surface area (Å²) in [5.41, 5.74) is 2.84. The van der Waals surface area contributed by atoms with Gasteiger partial charge in [-0.2, -0.15) is 0 Å². The van der Waals surface area contributed by atoms with Gasteiger partial charge >= 0.3 is 12.5 Å². The Hall–Kier alpha value is -3.56. The van der Waals surface area contributed by atoms with Gasteiger partial charge in [-0.05, 0) is 93.0 Å². The number of fused-ring (bicyclic) bond motifs is 1. The zero-order chi connectivity index (χ0) is 28.8. The van der Waals surface area contributed by atoms with E-state index in [4.69, 9.17) is 4.74 Å². The minimum Gasteiger partial charge on any atom is -0.444 e. The lowest BCUT2D eigenvalue weighted by atomic mass is 9.95. The first-order valence-electron chi connectivity index (χ1n) is 13.0. The van der Waals surface area contributed by atoms with Gasteiger partial charge in [0.05, 0.1) is 0 Å². The van der Waals surface area contributed by atoms with Gasteiger partial charge in [-0.25, -0.2) is 4.79 Å². The van der Waals surface area contributed by atoms with Crippen molar-refractivity contribution in [3.05, 3.63) is 47.5 Å². The average molecular weight is 549 g/mol. The molecule has 212 valence electrons. The lowest BCUT2D eigenvalue weighted by molar-refractivity contribution is -0.274. The van der Waals surface area contributed by atoms with Crippen molar-refractivity contribution in [2.45, 2.75) is 71.3 Å². The number of benzene rings is 2. The first-order valence-corrected chi connectivity index (χ1v) is 13.0. The van der Waals surface area contributed by atoms with Gasteiger partial charge in [0.2, 0.25) is 5.91 Å². The molecule has 0 N–H and O–H groups in total. The molecule has 2 aromatic rings. The fourth-order valence-electron chi connectivity index (χ4n) is 4.42. The highest BCUT2D eigenvalue weighted by Crippen LogP contribution is 2.35. The number of halogens is 3. The molecule has 0 atom stereocenters. The van der Waals surface area contributed by atoms with Gasteiger partial charge in [0.1, 0.15) is 17.6 Å². The summed E-state index contributed by atoms with van der Waals surface area (Å²) >= 11 is 0. The van der Waals surface area contributed by atoms with Crippen molar-refractivity contribution in [1.29, 1.82) is 0 Å². The number of anilines is 1. The number of rotatable bonds is 10. The van der Waals surface area contributed by atoms with Crippen LogP contribution in [-0.2, 0) is 27.2 Å². The summed E-state index contributed by atoms with van der Waals surface area (Å²) in [5.74, 6) is -0.300. The number of unbranched alkanes of at least 4 members (excludes halogenated alkanes) is 2. The van der Waals surface area contributed by atoms with Gasteiger partial charge in [0.15, 0.2) is 0 Å². The third kappa shape index (κ3) is 8.73. The monoisotopic (exact) mass is 548 g/mol. The zero-order valence-corrected chi connectivity index (χ0v) is 22.8. The number of aryl methyl sites for hydroxylation is 1. The van der Waals surface area contributed by atoms with E-state index in [-0.39, 0.29) is 30.2 Å². The van der Waals surface area contributed by atoms with Crippen LogP contribution in [0.5, 0.6) is 5.75 Å². The van der Waals surface area contributed by atoms with Gasteiger partial charge in [0, 0.05) is 38.7 Å². The molecule has 10 heteroatoms. The molecule has 39 heavy (non-hydrogen) atoms. The maximum Gasteiger partial charge on any atom is 0.573 e. The second kappa shape index (κ2) is 12.5. The molecule has 2 aromatic carbocycles. The lowest BCUT2D eigenvalue weighted by Crippen LogP contribution is -2.38. The summed E-state index contributed by atoms with van der Waals surface area (Å²) in [5, 5.41) is 0. The van der Waals surface area contributed by atoms with E-state index in [1.165, 1.54) is 11.0 Å². The molecular formula is C29H35F3N2O5. The van der Waals surface area contributed by atoms with E-state index < -0.39 is 18.1 Å². The summed E-state index contributed by atoms with van der Waals surface area (Å²) < 4.78 is 49.4. The quantitative estimate of drug-likeness (QED) is 0.257. The summed E-state index contributed by atoms with van der Waals surface area (Å²) in [6.45, 7) is 5.61. The molecule has 0 aliphatic carbocycles. The maximum absolute atomic E-state index is 13.2. The van der Waals surface area contributed by atoms with E-state index in [1.807, 2.05) is 18.2 Å². The Morgan fingerprint density at radius 1 is 1.03 bits per heavy atom. The first-order chi connectivity index (χ1) is 18.3. The second-order valence-electron chi connectivity index (χ2n) is 10.5. The summed E-state index contributed by atoms with van der Waals surface area (Å²) in [6, 6.07) is 10.1. The number of nitrogens with zero attached hydrogens (tertiary/aromatic N) is 2. The first kappa shape index (κ1) is 30.0. The van der Waals surface area contributed by atoms with Crippen LogP contribution in [0, 0.1) is 0 Å². The normalized spacial score (nSPS) is 13.6. The summed E-state index contributed by atoms with van der Waals surface area (Å²) in [7, 11) is 1.72. The third-order valence-electron chi connectivity index (χ3n) is 6.35. The van der Waals surface area contributed by atoms with E-state index in [1.54, 1.807) is 44.9 Å². The average Bonchev–Trinajstić information content (AvgIpc) is 2.84. The Morgan fingerprint density at radius 3 is 2.38 bits per heavy atom. The van der Waals surface area contributed by atoms with E-state index in [2.05, 4.69) is 4.74 Å². The fourth-order valence-corrected chi connectivity index (χ4v) is 4.42. The molecule has 0 aromatic heterocycles. The predicted molar refractivity (Wildman–Crippen MR) is 142 cm³/mol. The van der Waals surface area contributed by atoms with Crippen LogP contribution in [0.25, 0.3) is 11.1 Å². The SMILES string of the molecule is CN1C(=O)CCc2cc(-c3ccc(OC(F)(F)F)c(CCN(CCCCC=O)C(=O)OC(C)(C)C)c3)ccc21. The van der Waals surface area contributed by atoms with Gasteiger partial charge in [-0.15, -0.1) is 13.2 Å².